The normalized spacial score (nSPS) is 12.9. The quantitative estimate of drug-likeness (QED) is 0.713. The maximum Gasteiger partial charge on any atom is 0.0468 e. The average Bonchev–Trinajstić information content (AvgIpc) is 2.32. The van der Waals surface area contributed by atoms with Crippen molar-refractivity contribution in [2.24, 2.45) is 5.92 Å². The standard InChI is InChI=1S/C14H24N2O/c1-3-8-16(9-12(2)11-17)10-13-6-4-5-7-14(13)15/h4-7,12,17H,3,8-11,15H2,1-2H3. The number of hydrogen-bond acceptors (Lipinski definition) is 3. The van der Waals surface area contributed by atoms with E-state index in [4.69, 9.17) is 10.8 Å². The van der Waals surface area contributed by atoms with Crippen LogP contribution in [-0.4, -0.2) is 29.7 Å². The first-order valence-electron chi connectivity index (χ1n) is 6.34. The van der Waals surface area contributed by atoms with E-state index in [1.54, 1.807) is 0 Å². The maximum absolute atomic E-state index is 9.12. The molecule has 1 aromatic carbocycles. The van der Waals surface area contributed by atoms with Gasteiger partial charge in [-0.15, -0.1) is 0 Å². The molecule has 3 nitrogen and oxygen atoms in total. The maximum atomic E-state index is 9.12. The smallest absolute Gasteiger partial charge is 0.0468 e. The zero-order valence-corrected chi connectivity index (χ0v) is 10.9. The number of benzene rings is 1. The van der Waals surface area contributed by atoms with E-state index in [-0.39, 0.29) is 6.61 Å². The van der Waals surface area contributed by atoms with Crippen LogP contribution in [0.15, 0.2) is 24.3 Å². The van der Waals surface area contributed by atoms with E-state index in [0.717, 1.165) is 31.7 Å². The first-order valence-corrected chi connectivity index (χ1v) is 6.34. The molecule has 1 rings (SSSR count). The Bertz CT molecular complexity index is 328. The summed E-state index contributed by atoms with van der Waals surface area (Å²) < 4.78 is 0. The Morgan fingerprint density at radius 1 is 1.35 bits per heavy atom. The largest absolute Gasteiger partial charge is 0.398 e. The van der Waals surface area contributed by atoms with Crippen molar-refractivity contribution >= 4 is 5.69 Å². The number of aliphatic hydroxyl groups is 1. The Morgan fingerprint density at radius 2 is 2.06 bits per heavy atom. The Kier molecular flexibility index (Phi) is 6.01. The van der Waals surface area contributed by atoms with Crippen LogP contribution in [0.2, 0.25) is 0 Å². The van der Waals surface area contributed by atoms with E-state index in [2.05, 4.69) is 24.8 Å². The zero-order chi connectivity index (χ0) is 12.7. The Labute approximate surface area is 104 Å². The van der Waals surface area contributed by atoms with Crippen molar-refractivity contribution in [2.75, 3.05) is 25.4 Å². The van der Waals surface area contributed by atoms with Gasteiger partial charge < -0.3 is 10.8 Å². The highest BCUT2D eigenvalue weighted by molar-refractivity contribution is 5.46. The summed E-state index contributed by atoms with van der Waals surface area (Å²) in [6.07, 6.45) is 1.12. The lowest BCUT2D eigenvalue weighted by Crippen LogP contribution is -2.30. The molecule has 3 N–H and O–H groups in total. The second kappa shape index (κ2) is 7.30. The molecule has 0 spiro atoms. The molecule has 0 aliphatic rings. The van der Waals surface area contributed by atoms with E-state index in [1.165, 1.54) is 5.56 Å². The summed E-state index contributed by atoms with van der Waals surface area (Å²) in [7, 11) is 0. The van der Waals surface area contributed by atoms with E-state index in [9.17, 15) is 0 Å². The van der Waals surface area contributed by atoms with E-state index in [1.807, 2.05) is 18.2 Å². The molecule has 0 saturated carbocycles. The number of nitrogen functional groups attached to an aromatic ring is 1. The van der Waals surface area contributed by atoms with Gasteiger partial charge >= 0.3 is 0 Å². The first kappa shape index (κ1) is 14.0. The second-order valence-corrected chi connectivity index (χ2v) is 4.72. The molecule has 17 heavy (non-hydrogen) atoms. The van der Waals surface area contributed by atoms with Crippen LogP contribution in [0.25, 0.3) is 0 Å². The number of nitrogens with zero attached hydrogens (tertiary/aromatic N) is 1. The van der Waals surface area contributed by atoms with Gasteiger partial charge in [0.2, 0.25) is 0 Å². The lowest BCUT2D eigenvalue weighted by Gasteiger charge is -2.25. The van der Waals surface area contributed by atoms with Gasteiger partial charge in [0, 0.05) is 25.4 Å². The first-order chi connectivity index (χ1) is 8.17. The van der Waals surface area contributed by atoms with Crippen LogP contribution in [0.4, 0.5) is 5.69 Å². The fourth-order valence-corrected chi connectivity index (χ4v) is 1.97. The van der Waals surface area contributed by atoms with Crippen LogP contribution in [0, 0.1) is 5.92 Å². The summed E-state index contributed by atoms with van der Waals surface area (Å²) in [5, 5.41) is 9.12. The molecule has 1 aromatic rings. The molecule has 0 aromatic heterocycles. The minimum atomic E-state index is 0.241. The van der Waals surface area contributed by atoms with Crippen LogP contribution in [-0.2, 0) is 6.54 Å². The summed E-state index contributed by atoms with van der Waals surface area (Å²) in [6.45, 7) is 7.30. The molecule has 0 aliphatic heterocycles. The SMILES string of the molecule is CCCN(Cc1ccccc1N)CC(C)CO. The third-order valence-electron chi connectivity index (χ3n) is 2.87. The van der Waals surface area contributed by atoms with Crippen molar-refractivity contribution in [1.29, 1.82) is 0 Å². The zero-order valence-electron chi connectivity index (χ0n) is 10.9. The summed E-state index contributed by atoms with van der Waals surface area (Å²) in [5.41, 5.74) is 7.98. The summed E-state index contributed by atoms with van der Waals surface area (Å²) in [6, 6.07) is 7.99. The van der Waals surface area contributed by atoms with Gasteiger partial charge in [-0.25, -0.2) is 0 Å². The summed E-state index contributed by atoms with van der Waals surface area (Å²) in [5.74, 6) is 0.312. The molecule has 0 amide bonds. The predicted octanol–water partition coefficient (Wildman–Crippen LogP) is 2.11. The van der Waals surface area contributed by atoms with E-state index in [0.29, 0.717) is 5.92 Å². The number of hydrogen-bond donors (Lipinski definition) is 2. The lowest BCUT2D eigenvalue weighted by atomic mass is 10.1. The van der Waals surface area contributed by atoms with Crippen LogP contribution in [0.1, 0.15) is 25.8 Å². The van der Waals surface area contributed by atoms with Gasteiger partial charge in [0.1, 0.15) is 0 Å². The van der Waals surface area contributed by atoms with Crippen molar-refractivity contribution in [3.63, 3.8) is 0 Å². The van der Waals surface area contributed by atoms with Gasteiger partial charge in [-0.2, -0.15) is 0 Å². The predicted molar refractivity (Wildman–Crippen MR) is 72.7 cm³/mol. The average molecular weight is 236 g/mol. The molecule has 1 unspecified atom stereocenters. The summed E-state index contributed by atoms with van der Waals surface area (Å²) in [4.78, 5) is 2.35. The third kappa shape index (κ3) is 4.75. The number of aliphatic hydroxyl groups excluding tert-OH is 1. The molecule has 0 aliphatic carbocycles. The van der Waals surface area contributed by atoms with Crippen molar-refractivity contribution < 1.29 is 5.11 Å². The molecule has 0 radical (unpaired) electrons. The fraction of sp³-hybridized carbons (Fsp3) is 0.571. The van der Waals surface area contributed by atoms with Crippen LogP contribution >= 0.6 is 0 Å². The molecule has 3 heteroatoms. The van der Waals surface area contributed by atoms with Gasteiger partial charge in [0.15, 0.2) is 0 Å². The minimum Gasteiger partial charge on any atom is -0.398 e. The Hall–Kier alpha value is -1.06. The topological polar surface area (TPSA) is 49.5 Å². The fourth-order valence-electron chi connectivity index (χ4n) is 1.97. The molecule has 0 bridgehead atoms. The summed E-state index contributed by atoms with van der Waals surface area (Å²) >= 11 is 0. The molecule has 0 heterocycles. The number of rotatable bonds is 7. The molecular weight excluding hydrogens is 212 g/mol. The van der Waals surface area contributed by atoms with Crippen molar-refractivity contribution in [3.8, 4) is 0 Å². The molecule has 1 atom stereocenters. The third-order valence-corrected chi connectivity index (χ3v) is 2.87. The number of anilines is 1. The Balaban J connectivity index is 2.63. The highest BCUT2D eigenvalue weighted by Gasteiger charge is 2.10. The molecule has 0 fully saturated rings. The van der Waals surface area contributed by atoms with Crippen LogP contribution < -0.4 is 5.73 Å². The van der Waals surface area contributed by atoms with E-state index < -0.39 is 0 Å². The van der Waals surface area contributed by atoms with Gasteiger partial charge in [0.25, 0.3) is 0 Å². The number of para-hydroxylation sites is 1. The molecule has 96 valence electrons. The van der Waals surface area contributed by atoms with Gasteiger partial charge in [0.05, 0.1) is 0 Å². The van der Waals surface area contributed by atoms with Gasteiger partial charge in [-0.05, 0) is 30.5 Å². The minimum absolute atomic E-state index is 0.241. The van der Waals surface area contributed by atoms with Crippen molar-refractivity contribution in [2.45, 2.75) is 26.8 Å². The highest BCUT2D eigenvalue weighted by atomic mass is 16.3. The second-order valence-electron chi connectivity index (χ2n) is 4.72. The van der Waals surface area contributed by atoms with E-state index >= 15 is 0 Å². The van der Waals surface area contributed by atoms with Crippen LogP contribution in [0.3, 0.4) is 0 Å². The van der Waals surface area contributed by atoms with Crippen molar-refractivity contribution in [1.82, 2.24) is 4.90 Å². The monoisotopic (exact) mass is 236 g/mol. The van der Waals surface area contributed by atoms with Gasteiger partial charge in [-0.1, -0.05) is 32.0 Å². The van der Waals surface area contributed by atoms with Gasteiger partial charge in [-0.3, -0.25) is 4.90 Å². The lowest BCUT2D eigenvalue weighted by molar-refractivity contribution is 0.168. The van der Waals surface area contributed by atoms with Crippen LogP contribution in [0.5, 0.6) is 0 Å². The molecular formula is C14H24N2O. The highest BCUT2D eigenvalue weighted by Crippen LogP contribution is 2.14. The Morgan fingerprint density at radius 3 is 2.65 bits per heavy atom. The van der Waals surface area contributed by atoms with Crippen molar-refractivity contribution in [3.05, 3.63) is 29.8 Å². The molecule has 0 saturated heterocycles. The number of nitrogens with two attached hydrogens (primary N) is 1.